The molecular formula is C24H29ClN2O4. The number of carbonyl (C=O) groups is 3. The van der Waals surface area contributed by atoms with Gasteiger partial charge in [-0.25, -0.2) is 9.80 Å². The average molecular weight is 445 g/mol. The zero-order chi connectivity index (χ0) is 23.3. The summed E-state index contributed by atoms with van der Waals surface area (Å²) in [4.78, 5) is 40.0. The summed E-state index contributed by atoms with van der Waals surface area (Å²) in [6, 6.07) is 11.8. The van der Waals surface area contributed by atoms with Crippen molar-refractivity contribution in [3.05, 3.63) is 70.3 Å². The van der Waals surface area contributed by atoms with E-state index in [1.54, 1.807) is 45.0 Å². The molecule has 0 bridgehead atoms. The molecule has 2 rings (SSSR count). The zero-order valence-corrected chi connectivity index (χ0v) is 19.6. The van der Waals surface area contributed by atoms with Crippen LogP contribution in [0.4, 0.5) is 4.79 Å². The molecule has 3 amide bonds. The Morgan fingerprint density at radius 1 is 0.903 bits per heavy atom. The highest BCUT2D eigenvalue weighted by Crippen LogP contribution is 2.24. The molecule has 0 N–H and O–H groups in total. The molecule has 2 aromatic carbocycles. The summed E-state index contributed by atoms with van der Waals surface area (Å²) < 4.78 is 4.97. The minimum absolute atomic E-state index is 0.280. The van der Waals surface area contributed by atoms with E-state index in [4.69, 9.17) is 16.3 Å². The van der Waals surface area contributed by atoms with Gasteiger partial charge in [0, 0.05) is 11.1 Å². The number of rotatable bonds is 4. The van der Waals surface area contributed by atoms with E-state index >= 15 is 0 Å². The van der Waals surface area contributed by atoms with Crippen LogP contribution in [0.1, 0.15) is 65.1 Å². The monoisotopic (exact) mass is 444 g/mol. The predicted molar refractivity (Wildman–Crippen MR) is 121 cm³/mol. The summed E-state index contributed by atoms with van der Waals surface area (Å²) >= 11 is 5.61. The van der Waals surface area contributed by atoms with Crippen LogP contribution in [-0.4, -0.2) is 39.5 Å². The second-order valence-electron chi connectivity index (χ2n) is 8.35. The van der Waals surface area contributed by atoms with E-state index in [-0.39, 0.29) is 5.56 Å². The van der Waals surface area contributed by atoms with Crippen LogP contribution in [0.25, 0.3) is 0 Å². The third-order valence-corrected chi connectivity index (χ3v) is 4.76. The maximum Gasteiger partial charge on any atom is 0.431 e. The molecule has 166 valence electrons. The molecular weight excluding hydrogens is 416 g/mol. The number of carbonyl (C=O) groups excluding carboxylic acids is 3. The number of imide groups is 1. The lowest BCUT2D eigenvalue weighted by Crippen LogP contribution is -2.60. The molecule has 31 heavy (non-hydrogen) atoms. The van der Waals surface area contributed by atoms with E-state index in [9.17, 15) is 14.4 Å². The maximum atomic E-state index is 13.6. The number of ether oxygens (including phenoxy) is 1. The molecule has 7 heteroatoms. The Labute approximate surface area is 188 Å². The lowest BCUT2D eigenvalue weighted by molar-refractivity contribution is -0.0392. The number of nitrogens with zero attached hydrogens (tertiary/aromatic N) is 2. The second-order valence-corrected chi connectivity index (χ2v) is 8.57. The molecule has 6 nitrogen and oxygen atoms in total. The number of benzene rings is 2. The van der Waals surface area contributed by atoms with Crippen LogP contribution in [0.3, 0.4) is 0 Å². The van der Waals surface area contributed by atoms with Gasteiger partial charge < -0.3 is 4.74 Å². The Balaban J connectivity index is 2.65. The molecule has 0 saturated carbocycles. The van der Waals surface area contributed by atoms with Gasteiger partial charge in [0.2, 0.25) is 0 Å². The third kappa shape index (κ3) is 5.85. The molecule has 0 unspecified atom stereocenters. The first-order valence-corrected chi connectivity index (χ1v) is 10.6. The molecule has 0 atom stereocenters. The highest BCUT2D eigenvalue weighted by Gasteiger charge is 2.41. The molecule has 0 radical (unpaired) electrons. The van der Waals surface area contributed by atoms with Gasteiger partial charge in [0.05, 0.1) is 5.54 Å². The molecule has 0 aliphatic rings. The minimum Gasteiger partial charge on any atom is -0.432 e. The van der Waals surface area contributed by atoms with Gasteiger partial charge in [-0.15, -0.1) is 0 Å². The van der Waals surface area contributed by atoms with E-state index in [1.807, 2.05) is 39.0 Å². The second kappa shape index (κ2) is 9.96. The summed E-state index contributed by atoms with van der Waals surface area (Å²) in [5.74, 6) is -1.26. The van der Waals surface area contributed by atoms with Gasteiger partial charge in [-0.2, -0.15) is 5.01 Å². The maximum absolute atomic E-state index is 13.6. The molecule has 0 spiro atoms. The normalized spacial score (nSPS) is 11.1. The fourth-order valence-corrected chi connectivity index (χ4v) is 3.36. The lowest BCUT2D eigenvalue weighted by atomic mass is 10.0. The molecule has 0 saturated heterocycles. The summed E-state index contributed by atoms with van der Waals surface area (Å²) in [5.41, 5.74) is 2.42. The Hall–Kier alpha value is -2.86. The van der Waals surface area contributed by atoms with Crippen molar-refractivity contribution in [1.82, 2.24) is 10.0 Å². The van der Waals surface area contributed by atoms with Gasteiger partial charge in [0.1, 0.15) is 0 Å². The lowest BCUT2D eigenvalue weighted by Gasteiger charge is -2.40. The van der Waals surface area contributed by atoms with Gasteiger partial charge in [-0.05, 0) is 70.9 Å². The largest absolute Gasteiger partial charge is 0.432 e. The van der Waals surface area contributed by atoms with E-state index in [0.717, 1.165) is 33.1 Å². The SMILES string of the molecule is CCc1ccc(C(=O)N(C(=O)c2cc(C)cc(C)c2)N(C(=O)OCCl)C(C)(C)C)cc1. The standard InChI is InChI=1S/C24H29ClN2O4/c1-7-18-8-10-19(11-9-18)21(28)26(27(24(4,5)6)23(30)31-15-25)22(29)20-13-16(2)12-17(3)14-20/h8-14H,7,15H2,1-6H3. The van der Waals surface area contributed by atoms with Gasteiger partial charge >= 0.3 is 6.09 Å². The van der Waals surface area contributed by atoms with Gasteiger partial charge in [-0.3, -0.25) is 9.59 Å². The van der Waals surface area contributed by atoms with Crippen molar-refractivity contribution in [2.45, 2.75) is 53.5 Å². The summed E-state index contributed by atoms with van der Waals surface area (Å²) in [6.45, 7) is 10.9. The molecule has 0 aliphatic heterocycles. The van der Waals surface area contributed by atoms with E-state index in [1.165, 1.54) is 0 Å². The van der Waals surface area contributed by atoms with Crippen LogP contribution in [0.5, 0.6) is 0 Å². The van der Waals surface area contributed by atoms with Crippen molar-refractivity contribution in [1.29, 1.82) is 0 Å². The van der Waals surface area contributed by atoms with Gasteiger partial charge in [0.25, 0.3) is 11.8 Å². The quantitative estimate of drug-likeness (QED) is 0.355. The highest BCUT2D eigenvalue weighted by molar-refractivity contribution is 6.17. The van der Waals surface area contributed by atoms with Crippen molar-refractivity contribution in [3.8, 4) is 0 Å². The number of hydrogen-bond acceptors (Lipinski definition) is 4. The third-order valence-electron chi connectivity index (χ3n) is 4.65. The first-order valence-electron chi connectivity index (χ1n) is 10.1. The van der Waals surface area contributed by atoms with Crippen molar-refractivity contribution >= 4 is 29.5 Å². The highest BCUT2D eigenvalue weighted by atomic mass is 35.5. The average Bonchev–Trinajstić information content (AvgIpc) is 2.69. The Morgan fingerprint density at radius 2 is 1.42 bits per heavy atom. The van der Waals surface area contributed by atoms with Crippen molar-refractivity contribution in [2.24, 2.45) is 0 Å². The molecule has 2 aromatic rings. The number of aryl methyl sites for hydroxylation is 3. The predicted octanol–water partition coefficient (Wildman–Crippen LogP) is 5.50. The van der Waals surface area contributed by atoms with E-state index in [0.29, 0.717) is 5.56 Å². The van der Waals surface area contributed by atoms with Gasteiger partial charge in [-0.1, -0.05) is 47.9 Å². The van der Waals surface area contributed by atoms with Crippen LogP contribution in [0.2, 0.25) is 0 Å². The molecule has 0 heterocycles. The fraction of sp³-hybridized carbons (Fsp3) is 0.375. The summed E-state index contributed by atoms with van der Waals surface area (Å²) in [5, 5.41) is 1.87. The Kier molecular flexibility index (Phi) is 7.85. The number of alkyl halides is 1. The van der Waals surface area contributed by atoms with Gasteiger partial charge in [0.15, 0.2) is 6.07 Å². The van der Waals surface area contributed by atoms with Crippen molar-refractivity contribution in [2.75, 3.05) is 6.07 Å². The molecule has 0 aliphatic carbocycles. The molecule has 0 fully saturated rings. The smallest absolute Gasteiger partial charge is 0.431 e. The molecule has 0 aromatic heterocycles. The summed E-state index contributed by atoms with van der Waals surface area (Å²) in [6.07, 6.45) is -0.0747. The minimum atomic E-state index is -0.948. The zero-order valence-electron chi connectivity index (χ0n) is 18.9. The number of amides is 3. The summed E-state index contributed by atoms with van der Waals surface area (Å²) in [7, 11) is 0. The Morgan fingerprint density at radius 3 is 1.87 bits per heavy atom. The van der Waals surface area contributed by atoms with Crippen LogP contribution in [-0.2, 0) is 11.2 Å². The van der Waals surface area contributed by atoms with Crippen LogP contribution < -0.4 is 0 Å². The number of hydrogen-bond donors (Lipinski definition) is 0. The number of hydrazine groups is 1. The van der Waals surface area contributed by atoms with Crippen LogP contribution in [0, 0.1) is 13.8 Å². The fourth-order valence-electron chi connectivity index (χ4n) is 3.26. The topological polar surface area (TPSA) is 66.9 Å². The number of halogens is 1. The first-order chi connectivity index (χ1) is 14.5. The van der Waals surface area contributed by atoms with Crippen LogP contribution in [0.15, 0.2) is 42.5 Å². The van der Waals surface area contributed by atoms with Crippen molar-refractivity contribution in [3.63, 3.8) is 0 Å². The Bertz CT molecular complexity index is 944. The van der Waals surface area contributed by atoms with E-state index in [2.05, 4.69) is 0 Å². The van der Waals surface area contributed by atoms with Crippen molar-refractivity contribution < 1.29 is 19.1 Å². The first kappa shape index (κ1) is 24.4. The van der Waals surface area contributed by atoms with Crippen LogP contribution >= 0.6 is 11.6 Å². The van der Waals surface area contributed by atoms with E-state index < -0.39 is 29.5 Å².